The van der Waals surface area contributed by atoms with Crippen molar-refractivity contribution in [2.75, 3.05) is 0 Å². The van der Waals surface area contributed by atoms with Gasteiger partial charge in [-0.25, -0.2) is 0 Å². The maximum absolute atomic E-state index is 5.88. The van der Waals surface area contributed by atoms with E-state index < -0.39 is 0 Å². The van der Waals surface area contributed by atoms with Crippen molar-refractivity contribution in [3.05, 3.63) is 42.0 Å². The first-order valence-electron chi connectivity index (χ1n) is 7.09. The standard InChI is InChI=1S/C15H20N4O/c1-19-11-12(9-18-19)8-16-10-13-7-15(5-6-17-13)20-14-3-2-4-14/h5-7,9,11,14,16H,2-4,8,10H2,1H3. The van der Waals surface area contributed by atoms with Crippen LogP contribution in [0.5, 0.6) is 5.75 Å². The number of aryl methyl sites for hydroxylation is 1. The maximum atomic E-state index is 5.88. The average Bonchev–Trinajstić information content (AvgIpc) is 2.80. The molecule has 0 atom stereocenters. The van der Waals surface area contributed by atoms with Crippen LogP contribution in [0, 0.1) is 0 Å². The fraction of sp³-hybridized carbons (Fsp3) is 0.467. The molecule has 5 nitrogen and oxygen atoms in total. The molecule has 0 saturated heterocycles. The molecule has 1 aliphatic rings. The lowest BCUT2D eigenvalue weighted by molar-refractivity contribution is 0.120. The van der Waals surface area contributed by atoms with Crippen LogP contribution < -0.4 is 10.1 Å². The highest BCUT2D eigenvalue weighted by Gasteiger charge is 2.19. The van der Waals surface area contributed by atoms with Gasteiger partial charge >= 0.3 is 0 Å². The van der Waals surface area contributed by atoms with Crippen molar-refractivity contribution in [3.63, 3.8) is 0 Å². The second-order valence-corrected chi connectivity index (χ2v) is 5.28. The van der Waals surface area contributed by atoms with Crippen molar-refractivity contribution >= 4 is 0 Å². The highest BCUT2D eigenvalue weighted by atomic mass is 16.5. The summed E-state index contributed by atoms with van der Waals surface area (Å²) >= 11 is 0. The Bertz CT molecular complexity index is 563. The van der Waals surface area contributed by atoms with Gasteiger partial charge in [-0.05, 0) is 25.3 Å². The Kier molecular flexibility index (Phi) is 3.97. The van der Waals surface area contributed by atoms with E-state index in [9.17, 15) is 0 Å². The van der Waals surface area contributed by atoms with E-state index in [1.165, 1.54) is 24.8 Å². The molecular weight excluding hydrogens is 252 g/mol. The molecule has 0 aliphatic heterocycles. The Morgan fingerprint density at radius 1 is 1.40 bits per heavy atom. The molecule has 2 aromatic heterocycles. The normalized spacial score (nSPS) is 15.1. The van der Waals surface area contributed by atoms with Crippen LogP contribution in [0.1, 0.15) is 30.5 Å². The van der Waals surface area contributed by atoms with Crippen LogP contribution in [0.25, 0.3) is 0 Å². The molecule has 5 heteroatoms. The van der Waals surface area contributed by atoms with Crippen molar-refractivity contribution in [1.82, 2.24) is 20.1 Å². The van der Waals surface area contributed by atoms with E-state index in [4.69, 9.17) is 4.74 Å². The van der Waals surface area contributed by atoms with Crippen LogP contribution >= 0.6 is 0 Å². The Balaban J connectivity index is 1.50. The molecule has 20 heavy (non-hydrogen) atoms. The van der Waals surface area contributed by atoms with Crippen LogP contribution in [-0.2, 0) is 20.1 Å². The molecule has 1 N–H and O–H groups in total. The van der Waals surface area contributed by atoms with Gasteiger partial charge in [0.05, 0.1) is 18.0 Å². The van der Waals surface area contributed by atoms with E-state index >= 15 is 0 Å². The number of hydrogen-bond donors (Lipinski definition) is 1. The quantitative estimate of drug-likeness (QED) is 0.874. The number of nitrogens with zero attached hydrogens (tertiary/aromatic N) is 3. The fourth-order valence-electron chi connectivity index (χ4n) is 2.21. The molecule has 1 fully saturated rings. The van der Waals surface area contributed by atoms with Crippen LogP contribution in [0.2, 0.25) is 0 Å². The van der Waals surface area contributed by atoms with E-state index in [1.807, 2.05) is 42.5 Å². The summed E-state index contributed by atoms with van der Waals surface area (Å²) in [4.78, 5) is 4.36. The van der Waals surface area contributed by atoms with E-state index in [1.54, 1.807) is 0 Å². The molecule has 1 saturated carbocycles. The first-order chi connectivity index (χ1) is 9.79. The van der Waals surface area contributed by atoms with Crippen molar-refractivity contribution in [2.45, 2.75) is 38.5 Å². The summed E-state index contributed by atoms with van der Waals surface area (Å²) in [5.74, 6) is 0.933. The minimum absolute atomic E-state index is 0.411. The number of aromatic nitrogens is 3. The third kappa shape index (κ3) is 3.36. The summed E-state index contributed by atoms with van der Waals surface area (Å²) in [6.45, 7) is 1.53. The third-order valence-corrected chi connectivity index (χ3v) is 3.54. The molecule has 3 rings (SSSR count). The van der Waals surface area contributed by atoms with Gasteiger partial charge in [0.15, 0.2) is 0 Å². The van der Waals surface area contributed by atoms with Crippen LogP contribution in [-0.4, -0.2) is 20.9 Å². The predicted octanol–water partition coefficient (Wildman–Crippen LogP) is 2.04. The van der Waals surface area contributed by atoms with Gasteiger partial charge in [-0.1, -0.05) is 0 Å². The predicted molar refractivity (Wildman–Crippen MR) is 76.3 cm³/mol. The van der Waals surface area contributed by atoms with Crippen molar-refractivity contribution in [3.8, 4) is 5.75 Å². The molecule has 0 radical (unpaired) electrons. The molecule has 2 aromatic rings. The van der Waals surface area contributed by atoms with Gasteiger partial charge in [0.2, 0.25) is 0 Å². The van der Waals surface area contributed by atoms with Crippen molar-refractivity contribution in [1.29, 1.82) is 0 Å². The molecular formula is C15H20N4O. The summed E-state index contributed by atoms with van der Waals surface area (Å²) in [5, 5.41) is 7.51. The lowest BCUT2D eigenvalue weighted by atomic mass is 9.96. The summed E-state index contributed by atoms with van der Waals surface area (Å²) in [6, 6.07) is 3.96. The zero-order valence-corrected chi connectivity index (χ0v) is 11.7. The maximum Gasteiger partial charge on any atom is 0.123 e. The fourth-order valence-corrected chi connectivity index (χ4v) is 2.21. The van der Waals surface area contributed by atoms with Gasteiger partial charge in [0, 0.05) is 44.2 Å². The zero-order chi connectivity index (χ0) is 13.8. The monoisotopic (exact) mass is 272 g/mol. The van der Waals surface area contributed by atoms with Gasteiger partial charge in [0.25, 0.3) is 0 Å². The topological polar surface area (TPSA) is 52.0 Å². The number of hydrogen-bond acceptors (Lipinski definition) is 4. The average molecular weight is 272 g/mol. The molecule has 0 aromatic carbocycles. The lowest BCUT2D eigenvalue weighted by Gasteiger charge is -2.26. The Morgan fingerprint density at radius 2 is 2.30 bits per heavy atom. The Hall–Kier alpha value is -1.88. The minimum atomic E-state index is 0.411. The first kappa shape index (κ1) is 13.1. The molecule has 0 bridgehead atoms. The second-order valence-electron chi connectivity index (χ2n) is 5.28. The molecule has 0 unspecified atom stereocenters. The van der Waals surface area contributed by atoms with Gasteiger partial charge < -0.3 is 10.1 Å². The highest BCUT2D eigenvalue weighted by molar-refractivity contribution is 5.23. The number of ether oxygens (including phenoxy) is 1. The number of rotatable bonds is 6. The first-order valence-corrected chi connectivity index (χ1v) is 7.09. The van der Waals surface area contributed by atoms with Gasteiger partial charge in [-0.2, -0.15) is 5.10 Å². The van der Waals surface area contributed by atoms with Crippen LogP contribution in [0.3, 0.4) is 0 Å². The smallest absolute Gasteiger partial charge is 0.123 e. The largest absolute Gasteiger partial charge is 0.490 e. The van der Waals surface area contributed by atoms with E-state index in [0.29, 0.717) is 6.10 Å². The summed E-state index contributed by atoms with van der Waals surface area (Å²) in [6.07, 6.45) is 9.75. The van der Waals surface area contributed by atoms with Gasteiger partial charge in [0.1, 0.15) is 5.75 Å². The summed E-state index contributed by atoms with van der Waals surface area (Å²) in [7, 11) is 1.92. The Morgan fingerprint density at radius 3 is 3.00 bits per heavy atom. The van der Waals surface area contributed by atoms with E-state index in [2.05, 4.69) is 15.4 Å². The summed E-state index contributed by atoms with van der Waals surface area (Å²) < 4.78 is 7.69. The lowest BCUT2D eigenvalue weighted by Crippen LogP contribution is -2.24. The van der Waals surface area contributed by atoms with Crippen molar-refractivity contribution in [2.24, 2.45) is 7.05 Å². The SMILES string of the molecule is Cn1cc(CNCc2cc(OC3CCC3)ccn2)cn1. The van der Waals surface area contributed by atoms with Crippen LogP contribution in [0.4, 0.5) is 0 Å². The summed E-state index contributed by atoms with van der Waals surface area (Å²) in [5.41, 5.74) is 2.18. The van der Waals surface area contributed by atoms with Gasteiger partial charge in [-0.3, -0.25) is 9.67 Å². The molecule has 106 valence electrons. The zero-order valence-electron chi connectivity index (χ0n) is 11.7. The van der Waals surface area contributed by atoms with Crippen LogP contribution in [0.15, 0.2) is 30.7 Å². The third-order valence-electron chi connectivity index (χ3n) is 3.54. The molecule has 0 spiro atoms. The molecule has 1 aliphatic carbocycles. The second kappa shape index (κ2) is 6.05. The van der Waals surface area contributed by atoms with E-state index in [-0.39, 0.29) is 0 Å². The van der Waals surface area contributed by atoms with Crippen molar-refractivity contribution < 1.29 is 4.74 Å². The van der Waals surface area contributed by atoms with E-state index in [0.717, 1.165) is 24.5 Å². The minimum Gasteiger partial charge on any atom is -0.490 e. The number of pyridine rings is 1. The molecule has 2 heterocycles. The molecule has 0 amide bonds. The Labute approximate surface area is 119 Å². The van der Waals surface area contributed by atoms with Gasteiger partial charge in [-0.15, -0.1) is 0 Å². The number of nitrogens with one attached hydrogen (secondary N) is 1. The highest BCUT2D eigenvalue weighted by Crippen LogP contribution is 2.25.